The highest BCUT2D eigenvalue weighted by Crippen LogP contribution is 1.88. The molecule has 19 heavy (non-hydrogen) atoms. The van der Waals surface area contributed by atoms with Gasteiger partial charge in [-0.05, 0) is 6.92 Å². The Hall–Kier alpha value is -2.64. The van der Waals surface area contributed by atoms with Crippen LogP contribution in [0.2, 0.25) is 0 Å². The zero-order valence-corrected chi connectivity index (χ0v) is 10.3. The van der Waals surface area contributed by atoms with Gasteiger partial charge in [0, 0.05) is 31.0 Å². The third-order valence-corrected chi connectivity index (χ3v) is 2.49. The number of nitrogens with zero attached hydrogens (tertiary/aromatic N) is 2. The molecule has 8 nitrogen and oxygen atoms in total. The first-order valence-corrected chi connectivity index (χ1v) is 5.65. The lowest BCUT2D eigenvalue weighted by atomic mass is 10.4. The number of hydrogen-bond acceptors (Lipinski definition) is 4. The number of aryl methyl sites for hydroxylation is 1. The second-order valence-corrected chi connectivity index (χ2v) is 3.97. The second-order valence-electron chi connectivity index (χ2n) is 3.97. The molecule has 2 rings (SSSR count). The van der Waals surface area contributed by atoms with Gasteiger partial charge in [-0.2, -0.15) is 0 Å². The highest BCUT2D eigenvalue weighted by molar-refractivity contribution is 5.91. The Morgan fingerprint density at radius 1 is 1.47 bits per heavy atom. The van der Waals surface area contributed by atoms with Crippen molar-refractivity contribution >= 4 is 5.91 Å². The number of imidazole rings is 1. The monoisotopic (exact) mass is 263 g/mol. The first kappa shape index (κ1) is 12.8. The minimum absolute atomic E-state index is 0.152. The fourth-order valence-corrected chi connectivity index (χ4v) is 1.52. The van der Waals surface area contributed by atoms with Crippen molar-refractivity contribution in [2.24, 2.45) is 0 Å². The maximum atomic E-state index is 11.6. The first-order valence-electron chi connectivity index (χ1n) is 5.65. The van der Waals surface area contributed by atoms with Gasteiger partial charge in [0.15, 0.2) is 0 Å². The summed E-state index contributed by atoms with van der Waals surface area (Å²) in [5, 5.41) is 2.59. The van der Waals surface area contributed by atoms with Crippen LogP contribution < -0.4 is 16.6 Å². The number of H-pyrrole nitrogens is 2. The van der Waals surface area contributed by atoms with Crippen LogP contribution in [-0.4, -0.2) is 32.0 Å². The average molecular weight is 263 g/mol. The number of rotatable bonds is 4. The van der Waals surface area contributed by atoms with Crippen LogP contribution in [-0.2, 0) is 6.54 Å². The number of nitrogens with one attached hydrogen (secondary N) is 3. The number of aromatic amines is 2. The summed E-state index contributed by atoms with van der Waals surface area (Å²) in [4.78, 5) is 42.6. The molecule has 1 amide bonds. The fraction of sp³-hybridized carbons (Fsp3) is 0.273. The first-order chi connectivity index (χ1) is 9.06. The quantitative estimate of drug-likeness (QED) is 0.656. The molecule has 0 aliphatic carbocycles. The molecular weight excluding hydrogens is 250 g/mol. The van der Waals surface area contributed by atoms with Crippen LogP contribution in [0.15, 0.2) is 28.2 Å². The standard InChI is InChI=1S/C11H13N5O3/c1-7-4-9(17)16(6-14-7)3-2-12-10(18)8-5-13-11(19)15-8/h4-6H,2-3H2,1H3,(H,12,18)(H2,13,15,19). The molecule has 0 saturated heterocycles. The Morgan fingerprint density at radius 3 is 2.89 bits per heavy atom. The smallest absolute Gasteiger partial charge is 0.323 e. The zero-order chi connectivity index (χ0) is 13.8. The van der Waals surface area contributed by atoms with Crippen LogP contribution in [0.4, 0.5) is 0 Å². The van der Waals surface area contributed by atoms with E-state index in [9.17, 15) is 14.4 Å². The van der Waals surface area contributed by atoms with Crippen LogP contribution in [0.1, 0.15) is 16.2 Å². The number of aromatic nitrogens is 4. The van der Waals surface area contributed by atoms with Gasteiger partial charge in [-0.25, -0.2) is 9.78 Å². The number of carbonyl (C=O) groups excluding carboxylic acids is 1. The minimum Gasteiger partial charge on any atom is -0.349 e. The predicted octanol–water partition coefficient (Wildman–Crippen LogP) is -1.00. The molecule has 0 fully saturated rings. The van der Waals surface area contributed by atoms with E-state index in [1.54, 1.807) is 6.92 Å². The summed E-state index contributed by atoms with van der Waals surface area (Å²) in [7, 11) is 0. The van der Waals surface area contributed by atoms with Crippen molar-refractivity contribution in [1.29, 1.82) is 0 Å². The van der Waals surface area contributed by atoms with Crippen LogP contribution in [0, 0.1) is 6.92 Å². The number of carbonyl (C=O) groups is 1. The van der Waals surface area contributed by atoms with E-state index in [4.69, 9.17) is 0 Å². The van der Waals surface area contributed by atoms with E-state index in [1.807, 2.05) is 0 Å². The molecule has 2 heterocycles. The Balaban J connectivity index is 1.91. The molecule has 0 atom stereocenters. The SMILES string of the molecule is Cc1cc(=O)n(CCNC(=O)c2c[nH]c(=O)[nH]2)cn1. The van der Waals surface area contributed by atoms with Crippen molar-refractivity contribution in [3.05, 3.63) is 50.8 Å². The number of hydrogen-bond donors (Lipinski definition) is 3. The molecule has 100 valence electrons. The zero-order valence-electron chi connectivity index (χ0n) is 10.3. The lowest BCUT2D eigenvalue weighted by Crippen LogP contribution is -2.31. The molecule has 2 aromatic rings. The normalized spacial score (nSPS) is 10.4. The molecule has 2 aromatic heterocycles. The highest BCUT2D eigenvalue weighted by Gasteiger charge is 2.06. The van der Waals surface area contributed by atoms with E-state index in [0.717, 1.165) is 0 Å². The summed E-state index contributed by atoms with van der Waals surface area (Å²) in [5.74, 6) is -0.411. The van der Waals surface area contributed by atoms with Gasteiger partial charge < -0.3 is 15.3 Å². The largest absolute Gasteiger partial charge is 0.349 e. The topological polar surface area (TPSA) is 113 Å². The van der Waals surface area contributed by atoms with Crippen LogP contribution in [0.5, 0.6) is 0 Å². The summed E-state index contributed by atoms with van der Waals surface area (Å²) in [6, 6.07) is 1.42. The molecule has 0 aliphatic heterocycles. The molecule has 0 saturated carbocycles. The summed E-state index contributed by atoms with van der Waals surface area (Å²) in [5.41, 5.74) is 0.190. The molecule has 0 radical (unpaired) electrons. The van der Waals surface area contributed by atoms with Crippen molar-refractivity contribution in [3.8, 4) is 0 Å². The van der Waals surface area contributed by atoms with Gasteiger partial charge in [0.2, 0.25) is 0 Å². The van der Waals surface area contributed by atoms with E-state index in [-0.39, 0.29) is 17.8 Å². The van der Waals surface area contributed by atoms with Gasteiger partial charge >= 0.3 is 5.69 Å². The van der Waals surface area contributed by atoms with Gasteiger partial charge in [-0.3, -0.25) is 14.2 Å². The average Bonchev–Trinajstić information content (AvgIpc) is 2.78. The molecule has 0 bridgehead atoms. The van der Waals surface area contributed by atoms with Crippen molar-refractivity contribution in [1.82, 2.24) is 24.8 Å². The van der Waals surface area contributed by atoms with Gasteiger partial charge in [-0.15, -0.1) is 0 Å². The summed E-state index contributed by atoms with van der Waals surface area (Å²) in [6.45, 7) is 2.30. The van der Waals surface area contributed by atoms with Crippen molar-refractivity contribution in [3.63, 3.8) is 0 Å². The maximum absolute atomic E-state index is 11.6. The van der Waals surface area contributed by atoms with Crippen molar-refractivity contribution in [2.75, 3.05) is 6.54 Å². The van der Waals surface area contributed by atoms with Gasteiger partial charge in [0.25, 0.3) is 11.5 Å². The molecule has 0 unspecified atom stereocenters. The van der Waals surface area contributed by atoms with Gasteiger partial charge in [0.05, 0.1) is 6.33 Å². The van der Waals surface area contributed by atoms with E-state index in [0.29, 0.717) is 12.2 Å². The highest BCUT2D eigenvalue weighted by atomic mass is 16.2. The lowest BCUT2D eigenvalue weighted by molar-refractivity contribution is 0.0947. The Kier molecular flexibility index (Phi) is 3.60. The van der Waals surface area contributed by atoms with Crippen molar-refractivity contribution in [2.45, 2.75) is 13.5 Å². The summed E-state index contributed by atoms with van der Waals surface area (Å²) >= 11 is 0. The minimum atomic E-state index is -0.441. The predicted molar refractivity (Wildman–Crippen MR) is 67.0 cm³/mol. The Bertz CT molecular complexity index is 697. The molecule has 0 spiro atoms. The summed E-state index contributed by atoms with van der Waals surface area (Å²) < 4.78 is 1.40. The molecule has 8 heteroatoms. The molecule has 0 aromatic carbocycles. The van der Waals surface area contributed by atoms with Gasteiger partial charge in [-0.1, -0.05) is 0 Å². The van der Waals surface area contributed by atoms with Crippen LogP contribution >= 0.6 is 0 Å². The van der Waals surface area contributed by atoms with Crippen LogP contribution in [0.3, 0.4) is 0 Å². The van der Waals surface area contributed by atoms with Crippen molar-refractivity contribution < 1.29 is 4.79 Å². The van der Waals surface area contributed by atoms with Crippen LogP contribution in [0.25, 0.3) is 0 Å². The van der Waals surface area contributed by atoms with E-state index < -0.39 is 11.6 Å². The third-order valence-electron chi connectivity index (χ3n) is 2.49. The number of amides is 1. The van der Waals surface area contributed by atoms with E-state index in [1.165, 1.54) is 23.2 Å². The van der Waals surface area contributed by atoms with E-state index >= 15 is 0 Å². The van der Waals surface area contributed by atoms with E-state index in [2.05, 4.69) is 20.3 Å². The molecular formula is C11H13N5O3. The third kappa shape index (κ3) is 3.18. The Labute approximate surface area is 107 Å². The summed E-state index contributed by atoms with van der Waals surface area (Å²) in [6.07, 6.45) is 2.72. The second kappa shape index (κ2) is 5.34. The fourth-order valence-electron chi connectivity index (χ4n) is 1.52. The maximum Gasteiger partial charge on any atom is 0.323 e. The van der Waals surface area contributed by atoms with Gasteiger partial charge in [0.1, 0.15) is 5.69 Å². The molecule has 3 N–H and O–H groups in total. The lowest BCUT2D eigenvalue weighted by Gasteiger charge is -2.06. The molecule has 0 aliphatic rings. The Morgan fingerprint density at radius 2 is 2.26 bits per heavy atom.